The summed E-state index contributed by atoms with van der Waals surface area (Å²) in [7, 11) is 0. The van der Waals surface area contributed by atoms with Crippen LogP contribution in [0, 0.1) is 0 Å². The highest BCUT2D eigenvalue weighted by Crippen LogP contribution is 2.18. The van der Waals surface area contributed by atoms with Crippen LogP contribution in [0.1, 0.15) is 12.5 Å². The summed E-state index contributed by atoms with van der Waals surface area (Å²) < 4.78 is 0. The van der Waals surface area contributed by atoms with Gasteiger partial charge in [-0.1, -0.05) is 12.1 Å². The van der Waals surface area contributed by atoms with Crippen molar-refractivity contribution in [3.63, 3.8) is 0 Å². The molecule has 0 saturated carbocycles. The third kappa shape index (κ3) is 2.30. The van der Waals surface area contributed by atoms with Crippen LogP contribution >= 0.6 is 0 Å². The smallest absolute Gasteiger partial charge is 0.0386 e. The first kappa shape index (κ1) is 10.5. The number of rotatable bonds is 2. The zero-order valence-corrected chi connectivity index (χ0v) is 9.24. The van der Waals surface area contributed by atoms with Crippen LogP contribution in [-0.2, 0) is 6.54 Å². The van der Waals surface area contributed by atoms with Gasteiger partial charge in [-0.25, -0.2) is 0 Å². The van der Waals surface area contributed by atoms with Crippen LogP contribution in [0.25, 0.3) is 0 Å². The molecule has 0 spiro atoms. The Hall–Kier alpha value is -1.06. The summed E-state index contributed by atoms with van der Waals surface area (Å²) in [5.41, 5.74) is 8.08. The van der Waals surface area contributed by atoms with Crippen molar-refractivity contribution in [1.82, 2.24) is 5.32 Å². The van der Waals surface area contributed by atoms with Gasteiger partial charge < -0.3 is 16.0 Å². The molecule has 1 aromatic rings. The van der Waals surface area contributed by atoms with Crippen LogP contribution in [-0.4, -0.2) is 25.7 Å². The van der Waals surface area contributed by atoms with E-state index in [0.29, 0.717) is 12.6 Å². The molecular weight excluding hydrogens is 186 g/mol. The Labute approximate surface area is 91.3 Å². The van der Waals surface area contributed by atoms with E-state index in [2.05, 4.69) is 41.4 Å². The number of anilines is 1. The molecule has 1 aromatic carbocycles. The Bertz CT molecular complexity index is 307. The first-order valence-electron chi connectivity index (χ1n) is 5.57. The second-order valence-corrected chi connectivity index (χ2v) is 4.12. The van der Waals surface area contributed by atoms with E-state index in [1.165, 1.54) is 11.3 Å². The molecule has 0 amide bonds. The molecule has 2 rings (SSSR count). The summed E-state index contributed by atoms with van der Waals surface area (Å²) in [6, 6.07) is 9.14. The van der Waals surface area contributed by atoms with Crippen LogP contribution in [0.5, 0.6) is 0 Å². The highest BCUT2D eigenvalue weighted by molar-refractivity contribution is 5.49. The quantitative estimate of drug-likeness (QED) is 0.755. The zero-order valence-electron chi connectivity index (χ0n) is 9.24. The number of nitrogens with two attached hydrogens (primary N) is 1. The molecule has 1 unspecified atom stereocenters. The van der Waals surface area contributed by atoms with Crippen LogP contribution in [0.4, 0.5) is 5.69 Å². The first-order chi connectivity index (χ1) is 7.31. The molecule has 3 nitrogen and oxygen atoms in total. The summed E-state index contributed by atoms with van der Waals surface area (Å²) in [5.74, 6) is 0. The third-order valence-electron chi connectivity index (χ3n) is 3.00. The summed E-state index contributed by atoms with van der Waals surface area (Å²) in [4.78, 5) is 2.44. The molecule has 0 radical (unpaired) electrons. The lowest BCUT2D eigenvalue weighted by atomic mass is 10.1. The average Bonchev–Trinajstić information content (AvgIpc) is 2.30. The van der Waals surface area contributed by atoms with E-state index >= 15 is 0 Å². The predicted molar refractivity (Wildman–Crippen MR) is 64.0 cm³/mol. The molecule has 15 heavy (non-hydrogen) atoms. The van der Waals surface area contributed by atoms with Gasteiger partial charge in [0.1, 0.15) is 0 Å². The Morgan fingerprint density at radius 3 is 2.73 bits per heavy atom. The summed E-state index contributed by atoms with van der Waals surface area (Å²) >= 11 is 0. The molecule has 1 heterocycles. The van der Waals surface area contributed by atoms with Gasteiger partial charge in [0.25, 0.3) is 0 Å². The number of hydrogen-bond acceptors (Lipinski definition) is 3. The second-order valence-electron chi connectivity index (χ2n) is 4.12. The fourth-order valence-corrected chi connectivity index (χ4v) is 2.05. The number of nitrogens with zero attached hydrogens (tertiary/aromatic N) is 1. The van der Waals surface area contributed by atoms with Crippen molar-refractivity contribution in [2.45, 2.75) is 19.5 Å². The summed E-state index contributed by atoms with van der Waals surface area (Å²) in [5, 5.41) is 3.40. The maximum absolute atomic E-state index is 5.58. The third-order valence-corrected chi connectivity index (χ3v) is 3.00. The van der Waals surface area contributed by atoms with E-state index in [-0.39, 0.29) is 0 Å². The molecule has 0 aromatic heterocycles. The van der Waals surface area contributed by atoms with Gasteiger partial charge in [-0.2, -0.15) is 0 Å². The Morgan fingerprint density at radius 1 is 1.40 bits per heavy atom. The van der Waals surface area contributed by atoms with Gasteiger partial charge in [0.05, 0.1) is 0 Å². The van der Waals surface area contributed by atoms with Gasteiger partial charge in [0.15, 0.2) is 0 Å². The van der Waals surface area contributed by atoms with Crippen LogP contribution in [0.15, 0.2) is 24.3 Å². The number of nitrogens with one attached hydrogen (secondary N) is 1. The summed E-state index contributed by atoms with van der Waals surface area (Å²) in [6.07, 6.45) is 0. The largest absolute Gasteiger partial charge is 0.366 e. The van der Waals surface area contributed by atoms with Crippen molar-refractivity contribution in [3.8, 4) is 0 Å². The van der Waals surface area contributed by atoms with Crippen molar-refractivity contribution < 1.29 is 0 Å². The lowest BCUT2D eigenvalue weighted by Gasteiger charge is -2.36. The molecule has 0 bridgehead atoms. The van der Waals surface area contributed by atoms with Crippen LogP contribution in [0.3, 0.4) is 0 Å². The Balaban J connectivity index is 2.13. The van der Waals surface area contributed by atoms with Gasteiger partial charge in [0, 0.05) is 37.9 Å². The molecule has 1 aliphatic rings. The maximum atomic E-state index is 5.58. The van der Waals surface area contributed by atoms with Crippen LogP contribution in [0.2, 0.25) is 0 Å². The molecule has 1 saturated heterocycles. The zero-order chi connectivity index (χ0) is 10.7. The van der Waals surface area contributed by atoms with E-state index in [1.807, 2.05) is 0 Å². The van der Waals surface area contributed by atoms with Gasteiger partial charge in [0.2, 0.25) is 0 Å². The number of hydrogen-bond donors (Lipinski definition) is 2. The van der Waals surface area contributed by atoms with Gasteiger partial charge in [-0.05, 0) is 24.6 Å². The Morgan fingerprint density at radius 2 is 2.13 bits per heavy atom. The maximum Gasteiger partial charge on any atom is 0.0386 e. The number of piperazine rings is 1. The molecule has 1 aliphatic heterocycles. The van der Waals surface area contributed by atoms with Crippen molar-refractivity contribution in [1.29, 1.82) is 0 Å². The Kier molecular flexibility index (Phi) is 3.23. The normalized spacial score (nSPS) is 21.7. The topological polar surface area (TPSA) is 41.3 Å². The van der Waals surface area contributed by atoms with E-state index in [1.54, 1.807) is 0 Å². The highest BCUT2D eigenvalue weighted by Gasteiger charge is 2.17. The van der Waals surface area contributed by atoms with Crippen molar-refractivity contribution in [3.05, 3.63) is 29.8 Å². The minimum atomic E-state index is 0.572. The minimum Gasteiger partial charge on any atom is -0.366 e. The monoisotopic (exact) mass is 205 g/mol. The number of benzene rings is 1. The van der Waals surface area contributed by atoms with Crippen molar-refractivity contribution >= 4 is 5.69 Å². The molecule has 1 fully saturated rings. The van der Waals surface area contributed by atoms with Gasteiger partial charge >= 0.3 is 0 Å². The molecule has 0 aliphatic carbocycles. The van der Waals surface area contributed by atoms with E-state index < -0.39 is 0 Å². The standard InChI is InChI=1S/C12H19N3/c1-10-9-14-6-7-15(10)12-4-2-11(8-13)3-5-12/h2-5,10,14H,6-9,13H2,1H3. The van der Waals surface area contributed by atoms with Gasteiger partial charge in [-0.3, -0.25) is 0 Å². The van der Waals surface area contributed by atoms with Gasteiger partial charge in [-0.15, -0.1) is 0 Å². The minimum absolute atomic E-state index is 0.572. The lowest BCUT2D eigenvalue weighted by Crippen LogP contribution is -2.49. The highest BCUT2D eigenvalue weighted by atomic mass is 15.2. The fourth-order valence-electron chi connectivity index (χ4n) is 2.05. The SMILES string of the molecule is CC1CNCCN1c1ccc(CN)cc1. The second kappa shape index (κ2) is 4.64. The lowest BCUT2D eigenvalue weighted by molar-refractivity contribution is 0.501. The molecule has 3 heteroatoms. The average molecular weight is 205 g/mol. The first-order valence-corrected chi connectivity index (χ1v) is 5.57. The van der Waals surface area contributed by atoms with E-state index in [0.717, 1.165) is 19.6 Å². The molecular formula is C12H19N3. The summed E-state index contributed by atoms with van der Waals surface area (Å²) in [6.45, 7) is 6.10. The van der Waals surface area contributed by atoms with Crippen LogP contribution < -0.4 is 16.0 Å². The molecule has 82 valence electrons. The van der Waals surface area contributed by atoms with E-state index in [9.17, 15) is 0 Å². The van der Waals surface area contributed by atoms with Crippen molar-refractivity contribution in [2.75, 3.05) is 24.5 Å². The fraction of sp³-hybridized carbons (Fsp3) is 0.500. The van der Waals surface area contributed by atoms with E-state index in [4.69, 9.17) is 5.73 Å². The van der Waals surface area contributed by atoms with Crippen molar-refractivity contribution in [2.24, 2.45) is 5.73 Å². The molecule has 1 atom stereocenters. The molecule has 3 N–H and O–H groups in total. The predicted octanol–water partition coefficient (Wildman–Crippen LogP) is 0.943.